The number of anilines is 1. The molecule has 0 radical (unpaired) electrons. The van der Waals surface area contributed by atoms with Gasteiger partial charge >= 0.3 is 12.1 Å². The lowest BCUT2D eigenvalue weighted by Crippen LogP contribution is -2.42. The molecule has 1 aromatic heterocycles. The topological polar surface area (TPSA) is 100 Å². The van der Waals surface area contributed by atoms with Crippen LogP contribution in [0.2, 0.25) is 0 Å². The number of hydrogen-bond donors (Lipinski definition) is 2. The Morgan fingerprint density at radius 2 is 2.04 bits per heavy atom. The average molecular weight is 399 g/mol. The highest BCUT2D eigenvalue weighted by atomic mass is 19.4. The summed E-state index contributed by atoms with van der Waals surface area (Å²) in [5.41, 5.74) is -0.840. The number of amides is 1. The second kappa shape index (κ2) is 8.83. The first-order chi connectivity index (χ1) is 13.1. The van der Waals surface area contributed by atoms with E-state index in [9.17, 15) is 22.8 Å². The van der Waals surface area contributed by atoms with Crippen LogP contribution >= 0.6 is 0 Å². The van der Waals surface area contributed by atoms with E-state index in [-0.39, 0.29) is 30.5 Å². The van der Waals surface area contributed by atoms with Gasteiger partial charge in [-0.05, 0) is 31.5 Å². The molecule has 28 heavy (non-hydrogen) atoms. The SMILES string of the molecule is CCC(C)N(CC(=O)O)CC(=O)Nc1cc(C(F)(F)F)ccc1-n1cncn1. The molecule has 0 saturated heterocycles. The van der Waals surface area contributed by atoms with Crippen LogP contribution in [0.3, 0.4) is 0 Å². The average Bonchev–Trinajstić information content (AvgIpc) is 3.13. The fourth-order valence-corrected chi connectivity index (χ4v) is 2.52. The lowest BCUT2D eigenvalue weighted by atomic mass is 10.1. The summed E-state index contributed by atoms with van der Waals surface area (Å²) in [4.78, 5) is 28.6. The Labute approximate surface area is 159 Å². The summed E-state index contributed by atoms with van der Waals surface area (Å²) in [7, 11) is 0. The molecule has 0 aliphatic carbocycles. The summed E-state index contributed by atoms with van der Waals surface area (Å²) >= 11 is 0. The van der Waals surface area contributed by atoms with Crippen molar-refractivity contribution in [2.24, 2.45) is 0 Å². The van der Waals surface area contributed by atoms with Crippen LogP contribution < -0.4 is 5.32 Å². The van der Waals surface area contributed by atoms with E-state index >= 15 is 0 Å². The van der Waals surface area contributed by atoms with Gasteiger partial charge in [0, 0.05) is 6.04 Å². The van der Waals surface area contributed by atoms with Crippen LogP contribution in [-0.2, 0) is 15.8 Å². The van der Waals surface area contributed by atoms with E-state index < -0.39 is 23.6 Å². The molecule has 1 amide bonds. The molecule has 0 bridgehead atoms. The highest BCUT2D eigenvalue weighted by molar-refractivity contribution is 5.94. The van der Waals surface area contributed by atoms with Crippen LogP contribution in [0.15, 0.2) is 30.9 Å². The smallest absolute Gasteiger partial charge is 0.416 e. The van der Waals surface area contributed by atoms with E-state index in [1.165, 1.54) is 28.3 Å². The summed E-state index contributed by atoms with van der Waals surface area (Å²) in [5.74, 6) is -1.74. The van der Waals surface area contributed by atoms with Crippen molar-refractivity contribution in [3.05, 3.63) is 36.4 Å². The van der Waals surface area contributed by atoms with Gasteiger partial charge in [-0.15, -0.1) is 0 Å². The predicted molar refractivity (Wildman–Crippen MR) is 94.0 cm³/mol. The number of aromatic nitrogens is 3. The minimum Gasteiger partial charge on any atom is -0.480 e. The monoisotopic (exact) mass is 399 g/mol. The third-order valence-electron chi connectivity index (χ3n) is 4.16. The van der Waals surface area contributed by atoms with Crippen molar-refractivity contribution < 1.29 is 27.9 Å². The number of halogens is 3. The lowest BCUT2D eigenvalue weighted by molar-refractivity contribution is -0.139. The molecule has 0 aliphatic rings. The molecule has 0 fully saturated rings. The molecular formula is C17H20F3N5O3. The highest BCUT2D eigenvalue weighted by Crippen LogP contribution is 2.33. The molecule has 1 unspecified atom stereocenters. The molecule has 1 heterocycles. The fraction of sp³-hybridized carbons (Fsp3) is 0.412. The molecule has 1 atom stereocenters. The lowest BCUT2D eigenvalue weighted by Gasteiger charge is -2.26. The van der Waals surface area contributed by atoms with Crippen LogP contribution in [-0.4, -0.2) is 55.8 Å². The van der Waals surface area contributed by atoms with Crippen LogP contribution in [0.5, 0.6) is 0 Å². The van der Waals surface area contributed by atoms with Crippen molar-refractivity contribution in [2.75, 3.05) is 18.4 Å². The fourth-order valence-electron chi connectivity index (χ4n) is 2.52. The van der Waals surface area contributed by atoms with Crippen LogP contribution in [0.4, 0.5) is 18.9 Å². The number of nitrogens with one attached hydrogen (secondary N) is 1. The van der Waals surface area contributed by atoms with Gasteiger partial charge in [-0.25, -0.2) is 9.67 Å². The summed E-state index contributed by atoms with van der Waals surface area (Å²) < 4.78 is 40.4. The molecule has 2 aromatic rings. The van der Waals surface area contributed by atoms with Crippen molar-refractivity contribution in [2.45, 2.75) is 32.5 Å². The summed E-state index contributed by atoms with van der Waals surface area (Å²) in [6.45, 7) is 2.96. The van der Waals surface area contributed by atoms with Gasteiger partial charge in [-0.1, -0.05) is 6.92 Å². The van der Waals surface area contributed by atoms with Gasteiger partial charge in [-0.3, -0.25) is 14.5 Å². The molecule has 8 nitrogen and oxygen atoms in total. The number of nitrogens with zero attached hydrogens (tertiary/aromatic N) is 4. The second-order valence-corrected chi connectivity index (χ2v) is 6.17. The number of hydrogen-bond acceptors (Lipinski definition) is 5. The number of carboxylic acids is 1. The van der Waals surface area contributed by atoms with Crippen LogP contribution in [0.25, 0.3) is 5.69 Å². The number of carbonyl (C=O) groups is 2. The molecule has 2 N–H and O–H groups in total. The van der Waals surface area contributed by atoms with E-state index in [0.717, 1.165) is 12.1 Å². The van der Waals surface area contributed by atoms with Crippen molar-refractivity contribution in [1.29, 1.82) is 0 Å². The number of carbonyl (C=O) groups excluding carboxylic acids is 1. The Hall–Kier alpha value is -2.95. The zero-order valence-corrected chi connectivity index (χ0v) is 15.3. The Morgan fingerprint density at radius 3 is 2.57 bits per heavy atom. The first-order valence-corrected chi connectivity index (χ1v) is 8.43. The molecule has 2 rings (SSSR count). The molecule has 0 saturated carbocycles. The number of carboxylic acid groups (broad SMARTS) is 1. The predicted octanol–water partition coefficient (Wildman–Crippen LogP) is 2.41. The summed E-state index contributed by atoms with van der Waals surface area (Å²) in [6.07, 6.45) is -1.49. The minimum absolute atomic E-state index is 0.107. The Bertz CT molecular complexity index is 824. The molecule has 152 valence electrons. The quantitative estimate of drug-likeness (QED) is 0.707. The first kappa shape index (κ1) is 21.4. The maximum atomic E-state index is 13.1. The Balaban J connectivity index is 2.29. The number of alkyl halides is 3. The largest absolute Gasteiger partial charge is 0.480 e. The van der Waals surface area contributed by atoms with E-state index in [4.69, 9.17) is 5.11 Å². The normalized spacial score (nSPS) is 12.8. The van der Waals surface area contributed by atoms with Crippen molar-refractivity contribution in [1.82, 2.24) is 19.7 Å². The van der Waals surface area contributed by atoms with Crippen LogP contribution in [0.1, 0.15) is 25.8 Å². The van der Waals surface area contributed by atoms with Gasteiger partial charge < -0.3 is 10.4 Å². The van der Waals surface area contributed by atoms with Crippen molar-refractivity contribution in [3.8, 4) is 5.69 Å². The third-order valence-corrected chi connectivity index (χ3v) is 4.16. The molecule has 11 heteroatoms. The van der Waals surface area contributed by atoms with E-state index in [1.807, 2.05) is 6.92 Å². The molecule has 1 aromatic carbocycles. The third kappa shape index (κ3) is 5.52. The Morgan fingerprint density at radius 1 is 1.32 bits per heavy atom. The standard InChI is InChI=1S/C17H20F3N5O3/c1-3-11(2)24(8-16(27)28)7-15(26)23-13-6-12(17(18,19)20)4-5-14(13)25-10-21-9-22-25/h4-6,9-11H,3,7-8H2,1-2H3,(H,23,26)(H,27,28). The Kier molecular flexibility index (Phi) is 6.73. The number of rotatable bonds is 8. The van der Waals surface area contributed by atoms with Gasteiger partial charge in [-0.2, -0.15) is 18.3 Å². The van der Waals surface area contributed by atoms with Crippen LogP contribution in [0, 0.1) is 0 Å². The van der Waals surface area contributed by atoms with E-state index in [1.54, 1.807) is 6.92 Å². The van der Waals surface area contributed by atoms with E-state index in [2.05, 4.69) is 15.4 Å². The van der Waals surface area contributed by atoms with Gasteiger partial charge in [0.1, 0.15) is 12.7 Å². The summed E-state index contributed by atoms with van der Waals surface area (Å²) in [5, 5.41) is 15.3. The van der Waals surface area contributed by atoms with Gasteiger partial charge in [0.2, 0.25) is 5.91 Å². The number of aliphatic carboxylic acids is 1. The minimum atomic E-state index is -4.59. The molecular weight excluding hydrogens is 379 g/mol. The van der Waals surface area contributed by atoms with Crippen molar-refractivity contribution in [3.63, 3.8) is 0 Å². The maximum absolute atomic E-state index is 13.1. The maximum Gasteiger partial charge on any atom is 0.416 e. The number of benzene rings is 1. The van der Waals surface area contributed by atoms with Crippen molar-refractivity contribution >= 4 is 17.6 Å². The highest BCUT2D eigenvalue weighted by Gasteiger charge is 2.31. The molecule has 0 spiro atoms. The zero-order valence-electron chi connectivity index (χ0n) is 15.3. The zero-order chi connectivity index (χ0) is 20.9. The molecule has 0 aliphatic heterocycles. The van der Waals surface area contributed by atoms with Gasteiger partial charge in [0.25, 0.3) is 0 Å². The summed E-state index contributed by atoms with van der Waals surface area (Å²) in [6, 6.07) is 2.66. The van der Waals surface area contributed by atoms with E-state index in [0.29, 0.717) is 6.42 Å². The second-order valence-electron chi connectivity index (χ2n) is 6.17. The van der Waals surface area contributed by atoms with Gasteiger partial charge in [0.15, 0.2) is 0 Å². The first-order valence-electron chi connectivity index (χ1n) is 8.43. The van der Waals surface area contributed by atoms with Gasteiger partial charge in [0.05, 0.1) is 30.0 Å².